The summed E-state index contributed by atoms with van der Waals surface area (Å²) in [5.74, 6) is 0.550. The number of hydrogen-bond acceptors (Lipinski definition) is 2. The Bertz CT molecular complexity index is 301. The van der Waals surface area contributed by atoms with Gasteiger partial charge in [0.2, 0.25) is 0 Å². The second-order valence-electron chi connectivity index (χ2n) is 3.75. The smallest absolute Gasteiger partial charge is 0.134 e. The molecule has 2 heteroatoms. The normalized spacial score (nSPS) is 11.1. The summed E-state index contributed by atoms with van der Waals surface area (Å²) < 4.78 is 0. The van der Waals surface area contributed by atoms with E-state index in [9.17, 15) is 0 Å². The van der Waals surface area contributed by atoms with Crippen molar-refractivity contribution in [3.8, 4) is 0 Å². The van der Waals surface area contributed by atoms with E-state index in [1.165, 1.54) is 0 Å². The Morgan fingerprint density at radius 1 is 1.21 bits per heavy atom. The Kier molecular flexibility index (Phi) is 3.31. The van der Waals surface area contributed by atoms with Gasteiger partial charge in [-0.1, -0.05) is 36.9 Å². The van der Waals surface area contributed by atoms with E-state index in [1.807, 2.05) is 44.2 Å². The molecular weight excluding hydrogens is 176 g/mol. The van der Waals surface area contributed by atoms with Gasteiger partial charge < -0.3 is 4.89 Å². The monoisotopic (exact) mass is 192 g/mol. The quantitative estimate of drug-likeness (QED) is 0.413. The highest BCUT2D eigenvalue weighted by Gasteiger charge is 2.22. The third-order valence-electron chi connectivity index (χ3n) is 1.86. The molecule has 1 aromatic carbocycles. The molecule has 1 aromatic rings. The zero-order chi connectivity index (χ0) is 10.6. The van der Waals surface area contributed by atoms with E-state index >= 15 is 0 Å². The number of allylic oxidation sites excluding steroid dienone is 1. The Morgan fingerprint density at radius 2 is 1.79 bits per heavy atom. The minimum absolute atomic E-state index is 0.458. The summed E-state index contributed by atoms with van der Waals surface area (Å²) in [6, 6.07) is 9.92. The molecule has 0 fully saturated rings. The Hall–Kier alpha value is -1.28. The van der Waals surface area contributed by atoms with Crippen LogP contribution in [0.3, 0.4) is 0 Å². The van der Waals surface area contributed by atoms with Gasteiger partial charge in [0.15, 0.2) is 0 Å². The molecule has 0 saturated carbocycles. The highest BCUT2D eigenvalue weighted by Crippen LogP contribution is 2.25. The summed E-state index contributed by atoms with van der Waals surface area (Å²) in [5.41, 5.74) is 0.612. The summed E-state index contributed by atoms with van der Waals surface area (Å²) >= 11 is 0. The van der Waals surface area contributed by atoms with Crippen molar-refractivity contribution in [3.63, 3.8) is 0 Å². The third kappa shape index (κ3) is 2.89. The highest BCUT2D eigenvalue weighted by molar-refractivity contribution is 5.20. The van der Waals surface area contributed by atoms with Gasteiger partial charge in [-0.15, -0.1) is 0 Å². The van der Waals surface area contributed by atoms with E-state index in [0.29, 0.717) is 5.76 Å². The molecule has 0 atom stereocenters. The molecule has 0 saturated heterocycles. The van der Waals surface area contributed by atoms with Gasteiger partial charge >= 0.3 is 0 Å². The summed E-state index contributed by atoms with van der Waals surface area (Å²) in [5, 5.41) is 0. The summed E-state index contributed by atoms with van der Waals surface area (Å²) in [4.78, 5) is 10.2. The highest BCUT2D eigenvalue weighted by atomic mass is 17.2. The second kappa shape index (κ2) is 4.29. The molecule has 0 N–H and O–H groups in total. The van der Waals surface area contributed by atoms with Crippen molar-refractivity contribution in [1.29, 1.82) is 0 Å². The van der Waals surface area contributed by atoms with Crippen molar-refractivity contribution >= 4 is 0 Å². The minimum atomic E-state index is -0.458. The van der Waals surface area contributed by atoms with Crippen LogP contribution in [0.1, 0.15) is 26.3 Å². The largest absolute Gasteiger partial charge is 0.342 e. The van der Waals surface area contributed by atoms with Crippen LogP contribution in [0.25, 0.3) is 0 Å². The van der Waals surface area contributed by atoms with Crippen molar-refractivity contribution in [2.75, 3.05) is 0 Å². The van der Waals surface area contributed by atoms with Crippen LogP contribution < -0.4 is 0 Å². The average molecular weight is 192 g/mol. The van der Waals surface area contributed by atoms with Crippen LogP contribution >= 0.6 is 0 Å². The lowest BCUT2D eigenvalue weighted by atomic mass is 9.99. The number of benzene rings is 1. The van der Waals surface area contributed by atoms with Crippen LogP contribution in [0.4, 0.5) is 0 Å². The molecule has 0 radical (unpaired) electrons. The standard InChI is InChI=1S/C12H16O2/c1-10(2)13-14-12(3,4)11-8-6-5-7-9-11/h5-9H,1H2,2-4H3. The lowest BCUT2D eigenvalue weighted by Gasteiger charge is -2.23. The van der Waals surface area contributed by atoms with E-state index in [-0.39, 0.29) is 0 Å². The van der Waals surface area contributed by atoms with Gasteiger partial charge in [0.1, 0.15) is 11.4 Å². The molecule has 0 spiro atoms. The van der Waals surface area contributed by atoms with E-state index in [0.717, 1.165) is 5.56 Å². The van der Waals surface area contributed by atoms with Crippen LogP contribution in [-0.4, -0.2) is 0 Å². The number of rotatable bonds is 4. The first-order chi connectivity index (χ1) is 6.52. The van der Waals surface area contributed by atoms with E-state index < -0.39 is 5.60 Å². The maximum absolute atomic E-state index is 5.28. The summed E-state index contributed by atoms with van der Waals surface area (Å²) in [6.07, 6.45) is 0. The predicted molar refractivity (Wildman–Crippen MR) is 56.5 cm³/mol. The molecule has 0 unspecified atom stereocenters. The van der Waals surface area contributed by atoms with Crippen molar-refractivity contribution in [2.45, 2.75) is 26.4 Å². The maximum Gasteiger partial charge on any atom is 0.134 e. The average Bonchev–Trinajstić information content (AvgIpc) is 2.16. The first-order valence-electron chi connectivity index (χ1n) is 4.59. The zero-order valence-electron chi connectivity index (χ0n) is 8.91. The summed E-state index contributed by atoms with van der Waals surface area (Å²) in [7, 11) is 0. The summed E-state index contributed by atoms with van der Waals surface area (Å²) in [6.45, 7) is 9.26. The molecular formula is C12H16O2. The predicted octanol–water partition coefficient (Wildman–Crippen LogP) is 3.40. The zero-order valence-corrected chi connectivity index (χ0v) is 8.91. The first-order valence-corrected chi connectivity index (χ1v) is 4.59. The van der Waals surface area contributed by atoms with Crippen molar-refractivity contribution in [2.24, 2.45) is 0 Å². The third-order valence-corrected chi connectivity index (χ3v) is 1.86. The fourth-order valence-corrected chi connectivity index (χ4v) is 1.06. The van der Waals surface area contributed by atoms with Crippen molar-refractivity contribution < 1.29 is 9.78 Å². The SMILES string of the molecule is C=C(C)OOC(C)(C)c1ccccc1. The fraction of sp³-hybridized carbons (Fsp3) is 0.333. The van der Waals surface area contributed by atoms with Crippen molar-refractivity contribution in [3.05, 3.63) is 48.2 Å². The van der Waals surface area contributed by atoms with E-state index in [4.69, 9.17) is 9.78 Å². The van der Waals surface area contributed by atoms with Crippen LogP contribution in [0.2, 0.25) is 0 Å². The van der Waals surface area contributed by atoms with Crippen LogP contribution in [0.15, 0.2) is 42.7 Å². The molecule has 0 aliphatic rings. The topological polar surface area (TPSA) is 18.5 Å². The van der Waals surface area contributed by atoms with Gasteiger partial charge in [-0.3, -0.25) is 0 Å². The minimum Gasteiger partial charge on any atom is -0.342 e. The Morgan fingerprint density at radius 3 is 2.29 bits per heavy atom. The van der Waals surface area contributed by atoms with Gasteiger partial charge in [-0.05, 0) is 26.3 Å². The molecule has 0 amide bonds. The molecule has 76 valence electrons. The maximum atomic E-state index is 5.28. The van der Waals surface area contributed by atoms with Crippen LogP contribution in [0, 0.1) is 0 Å². The molecule has 0 aliphatic carbocycles. The lowest BCUT2D eigenvalue weighted by molar-refractivity contribution is -0.331. The molecule has 0 heterocycles. The Balaban J connectivity index is 2.70. The molecule has 14 heavy (non-hydrogen) atoms. The van der Waals surface area contributed by atoms with Crippen molar-refractivity contribution in [1.82, 2.24) is 0 Å². The molecule has 0 aliphatic heterocycles. The van der Waals surface area contributed by atoms with Gasteiger partial charge in [0, 0.05) is 0 Å². The van der Waals surface area contributed by atoms with Gasteiger partial charge in [0.05, 0.1) is 0 Å². The van der Waals surface area contributed by atoms with Gasteiger partial charge in [-0.25, -0.2) is 0 Å². The van der Waals surface area contributed by atoms with Gasteiger partial charge in [0.25, 0.3) is 0 Å². The first kappa shape index (κ1) is 10.8. The fourth-order valence-electron chi connectivity index (χ4n) is 1.06. The van der Waals surface area contributed by atoms with Gasteiger partial charge in [-0.2, -0.15) is 4.89 Å². The molecule has 0 bridgehead atoms. The van der Waals surface area contributed by atoms with E-state index in [2.05, 4.69) is 6.58 Å². The second-order valence-corrected chi connectivity index (χ2v) is 3.75. The molecule has 2 nitrogen and oxygen atoms in total. The van der Waals surface area contributed by atoms with Crippen LogP contribution in [0.5, 0.6) is 0 Å². The van der Waals surface area contributed by atoms with E-state index in [1.54, 1.807) is 6.92 Å². The Labute approximate surface area is 85.1 Å². The van der Waals surface area contributed by atoms with Crippen LogP contribution in [-0.2, 0) is 15.4 Å². The number of hydrogen-bond donors (Lipinski definition) is 0. The molecule has 1 rings (SSSR count). The molecule has 0 aromatic heterocycles. The lowest BCUT2D eigenvalue weighted by Crippen LogP contribution is -2.21.